The van der Waals surface area contributed by atoms with Crippen LogP contribution in [0.1, 0.15) is 36.0 Å². The van der Waals surface area contributed by atoms with Crippen LogP contribution in [0.25, 0.3) is 0 Å². The predicted molar refractivity (Wildman–Crippen MR) is 127 cm³/mol. The van der Waals surface area contributed by atoms with E-state index in [2.05, 4.69) is 39.0 Å². The number of nitrogens with zero attached hydrogens (tertiary/aromatic N) is 3. The molecule has 1 aromatic carbocycles. The first-order chi connectivity index (χ1) is 16.2. The summed E-state index contributed by atoms with van der Waals surface area (Å²) in [6.45, 7) is 4.94. The Morgan fingerprint density at radius 2 is 1.79 bits per heavy atom. The number of carbonyl (C=O) groups excluding carboxylic acids is 1. The number of pyridine rings is 1. The van der Waals surface area contributed by atoms with E-state index in [9.17, 15) is 4.79 Å². The van der Waals surface area contributed by atoms with Crippen molar-refractivity contribution in [2.75, 3.05) is 39.4 Å². The average molecular weight is 450 g/mol. The lowest BCUT2D eigenvalue weighted by molar-refractivity contribution is -0.133. The fourth-order valence-corrected chi connectivity index (χ4v) is 5.49. The summed E-state index contributed by atoms with van der Waals surface area (Å²) < 4.78 is 12.0. The molecule has 1 aromatic heterocycles. The molecule has 33 heavy (non-hydrogen) atoms. The fraction of sp³-hybridized carbons (Fsp3) is 0.556. The fourth-order valence-electron chi connectivity index (χ4n) is 5.49. The third-order valence-corrected chi connectivity index (χ3v) is 7.44. The summed E-state index contributed by atoms with van der Waals surface area (Å²) in [6, 6.07) is 13.1. The van der Waals surface area contributed by atoms with Crippen LogP contribution in [0.4, 0.5) is 0 Å². The van der Waals surface area contributed by atoms with E-state index in [-0.39, 0.29) is 12.0 Å². The number of hydrogen-bond acceptors (Lipinski definition) is 5. The lowest BCUT2D eigenvalue weighted by atomic mass is 9.87. The number of carbonyl (C=O) groups is 1. The maximum Gasteiger partial charge on any atom is 0.236 e. The predicted octanol–water partition coefficient (Wildman–Crippen LogP) is 3.10. The lowest BCUT2D eigenvalue weighted by Crippen LogP contribution is -2.45. The van der Waals surface area contributed by atoms with Crippen LogP contribution < -0.4 is 0 Å². The highest BCUT2D eigenvalue weighted by Crippen LogP contribution is 2.26. The first-order valence-electron chi connectivity index (χ1n) is 12.4. The van der Waals surface area contributed by atoms with Gasteiger partial charge in [0.25, 0.3) is 0 Å². The van der Waals surface area contributed by atoms with Crippen LogP contribution in [-0.2, 0) is 33.7 Å². The van der Waals surface area contributed by atoms with Gasteiger partial charge in [-0.15, -0.1) is 0 Å². The second kappa shape index (κ2) is 10.8. The Kier molecular flexibility index (Phi) is 7.34. The number of aromatic nitrogens is 1. The van der Waals surface area contributed by atoms with E-state index in [1.165, 1.54) is 11.1 Å². The van der Waals surface area contributed by atoms with Crippen molar-refractivity contribution < 1.29 is 14.3 Å². The van der Waals surface area contributed by atoms with Gasteiger partial charge in [0, 0.05) is 51.3 Å². The van der Waals surface area contributed by atoms with Gasteiger partial charge >= 0.3 is 0 Å². The number of aryl methyl sites for hydroxylation is 1. The van der Waals surface area contributed by atoms with Gasteiger partial charge in [-0.2, -0.15) is 0 Å². The Morgan fingerprint density at radius 3 is 2.61 bits per heavy atom. The Labute approximate surface area is 196 Å². The smallest absolute Gasteiger partial charge is 0.236 e. The quantitative estimate of drug-likeness (QED) is 0.678. The number of benzene rings is 1. The van der Waals surface area contributed by atoms with Gasteiger partial charge in [0.15, 0.2) is 0 Å². The minimum atomic E-state index is 0.00151. The van der Waals surface area contributed by atoms with Gasteiger partial charge < -0.3 is 14.4 Å². The van der Waals surface area contributed by atoms with Gasteiger partial charge in [-0.25, -0.2) is 0 Å². The van der Waals surface area contributed by atoms with Crippen LogP contribution in [0, 0.1) is 5.92 Å². The molecule has 5 rings (SSSR count). The number of ether oxygens (including phenoxy) is 2. The zero-order valence-corrected chi connectivity index (χ0v) is 19.4. The van der Waals surface area contributed by atoms with E-state index in [0.29, 0.717) is 31.7 Å². The minimum absolute atomic E-state index is 0.00151. The van der Waals surface area contributed by atoms with Crippen molar-refractivity contribution in [2.24, 2.45) is 5.92 Å². The molecule has 0 spiro atoms. The van der Waals surface area contributed by atoms with E-state index < -0.39 is 0 Å². The van der Waals surface area contributed by atoms with Crippen LogP contribution in [0.5, 0.6) is 0 Å². The molecule has 2 atom stereocenters. The monoisotopic (exact) mass is 449 g/mol. The molecule has 1 aliphatic carbocycles. The Morgan fingerprint density at radius 1 is 1.00 bits per heavy atom. The molecule has 6 nitrogen and oxygen atoms in total. The van der Waals surface area contributed by atoms with E-state index in [1.54, 1.807) is 12.4 Å². The SMILES string of the molecule is O=C1CN(C2CCc3ccccc3C2)CC(OCc2ccncc2)CN1CC1CCOCC1. The van der Waals surface area contributed by atoms with E-state index in [1.807, 2.05) is 12.1 Å². The summed E-state index contributed by atoms with van der Waals surface area (Å²) in [5, 5.41) is 0. The molecule has 3 heterocycles. The van der Waals surface area contributed by atoms with E-state index in [0.717, 1.165) is 64.0 Å². The molecule has 6 heteroatoms. The summed E-state index contributed by atoms with van der Waals surface area (Å²) in [7, 11) is 0. The molecule has 0 saturated carbocycles. The highest BCUT2D eigenvalue weighted by molar-refractivity contribution is 5.78. The van der Waals surface area contributed by atoms with E-state index in [4.69, 9.17) is 9.47 Å². The van der Waals surface area contributed by atoms with E-state index >= 15 is 0 Å². The summed E-state index contributed by atoms with van der Waals surface area (Å²) in [5.41, 5.74) is 4.01. The molecule has 2 saturated heterocycles. The first-order valence-corrected chi connectivity index (χ1v) is 12.4. The molecule has 0 radical (unpaired) electrons. The van der Waals surface area contributed by atoms with Crippen LogP contribution in [0.15, 0.2) is 48.8 Å². The second-order valence-corrected chi connectivity index (χ2v) is 9.74. The number of fused-ring (bicyclic) bond motifs is 1. The molecular weight excluding hydrogens is 414 g/mol. The third-order valence-electron chi connectivity index (χ3n) is 7.44. The van der Waals surface area contributed by atoms with Crippen LogP contribution in [0.3, 0.4) is 0 Å². The highest BCUT2D eigenvalue weighted by Gasteiger charge is 2.34. The Bertz CT molecular complexity index is 916. The average Bonchev–Trinajstić information content (AvgIpc) is 3.02. The molecule has 2 fully saturated rings. The first kappa shape index (κ1) is 22.5. The minimum Gasteiger partial charge on any atom is -0.381 e. The van der Waals surface area contributed by atoms with Crippen molar-refractivity contribution in [1.29, 1.82) is 0 Å². The zero-order chi connectivity index (χ0) is 22.5. The Balaban J connectivity index is 1.30. The molecule has 2 unspecified atom stereocenters. The van der Waals surface area contributed by atoms with Crippen molar-refractivity contribution in [1.82, 2.24) is 14.8 Å². The van der Waals surface area contributed by atoms with Crippen molar-refractivity contribution in [3.8, 4) is 0 Å². The highest BCUT2D eigenvalue weighted by atomic mass is 16.5. The van der Waals surface area contributed by atoms with Crippen molar-refractivity contribution in [3.05, 3.63) is 65.5 Å². The molecule has 2 aliphatic heterocycles. The summed E-state index contributed by atoms with van der Waals surface area (Å²) in [5.74, 6) is 0.770. The largest absolute Gasteiger partial charge is 0.381 e. The van der Waals surface area contributed by atoms with Gasteiger partial charge in [-0.3, -0.25) is 14.7 Å². The van der Waals surface area contributed by atoms with Crippen LogP contribution in [-0.4, -0.2) is 72.2 Å². The molecule has 0 N–H and O–H groups in total. The molecule has 1 amide bonds. The molecule has 176 valence electrons. The normalized spacial score (nSPS) is 25.0. The number of hydrogen-bond donors (Lipinski definition) is 0. The number of rotatable bonds is 6. The van der Waals surface area contributed by atoms with Gasteiger partial charge in [0.1, 0.15) is 0 Å². The summed E-state index contributed by atoms with van der Waals surface area (Å²) >= 11 is 0. The molecular formula is C27H35N3O3. The molecule has 2 aromatic rings. The lowest BCUT2D eigenvalue weighted by Gasteiger charge is -2.35. The van der Waals surface area contributed by atoms with Crippen LogP contribution in [0.2, 0.25) is 0 Å². The maximum absolute atomic E-state index is 13.4. The second-order valence-electron chi connectivity index (χ2n) is 9.74. The molecule has 3 aliphatic rings. The zero-order valence-electron chi connectivity index (χ0n) is 19.4. The maximum atomic E-state index is 13.4. The standard InChI is InChI=1S/C27H35N3O3/c31-27-19-29(25-6-5-23-3-1-2-4-24(23)15-25)17-26(33-20-22-7-11-28-12-8-22)18-30(27)16-21-9-13-32-14-10-21/h1-4,7-8,11-12,21,25-26H,5-6,9-10,13-20H2. The van der Waals surface area contributed by atoms with Gasteiger partial charge in [0.2, 0.25) is 5.91 Å². The molecule has 0 bridgehead atoms. The van der Waals surface area contributed by atoms with Crippen LogP contribution >= 0.6 is 0 Å². The van der Waals surface area contributed by atoms with Gasteiger partial charge in [0.05, 0.1) is 19.3 Å². The van der Waals surface area contributed by atoms with Gasteiger partial charge in [-0.1, -0.05) is 24.3 Å². The van der Waals surface area contributed by atoms with Crippen molar-refractivity contribution >= 4 is 5.91 Å². The number of amides is 1. The van der Waals surface area contributed by atoms with Gasteiger partial charge in [-0.05, 0) is 66.8 Å². The summed E-state index contributed by atoms with van der Waals surface area (Å²) in [6.07, 6.45) is 8.88. The Hall–Kier alpha value is -2.28. The summed E-state index contributed by atoms with van der Waals surface area (Å²) in [4.78, 5) is 22.0. The van der Waals surface area contributed by atoms with Crippen molar-refractivity contribution in [3.63, 3.8) is 0 Å². The topological polar surface area (TPSA) is 54.9 Å². The third kappa shape index (κ3) is 5.81. The van der Waals surface area contributed by atoms with Crippen molar-refractivity contribution in [2.45, 2.75) is 50.9 Å².